The van der Waals surface area contributed by atoms with E-state index in [1.807, 2.05) is 25.1 Å². The van der Waals surface area contributed by atoms with Gasteiger partial charge in [-0.15, -0.1) is 0 Å². The predicted octanol–water partition coefficient (Wildman–Crippen LogP) is 1.77. The van der Waals surface area contributed by atoms with Crippen LogP contribution in [0, 0.1) is 18.8 Å². The van der Waals surface area contributed by atoms with Gasteiger partial charge in [-0.25, -0.2) is 0 Å². The minimum atomic E-state index is 0.0717. The van der Waals surface area contributed by atoms with Crippen molar-refractivity contribution in [3.8, 4) is 11.8 Å². The Morgan fingerprint density at radius 1 is 1.46 bits per heavy atom. The largest absolute Gasteiger partial charge is 0.392 e. The summed E-state index contributed by atoms with van der Waals surface area (Å²) in [4.78, 5) is 0. The van der Waals surface area contributed by atoms with Gasteiger partial charge in [0.15, 0.2) is 0 Å². The van der Waals surface area contributed by atoms with E-state index < -0.39 is 0 Å². The van der Waals surface area contributed by atoms with Gasteiger partial charge in [0.1, 0.15) is 0 Å². The molecule has 0 bridgehead atoms. The Bertz CT molecular complexity index is 347. The molecule has 0 radical (unpaired) electrons. The molecule has 0 saturated heterocycles. The fraction of sp³-hybridized carbons (Fsp3) is 0.273. The molecule has 0 amide bonds. The van der Waals surface area contributed by atoms with Crippen LogP contribution in [0.3, 0.4) is 0 Å². The summed E-state index contributed by atoms with van der Waals surface area (Å²) in [5, 5.41) is 9.01. The maximum Gasteiger partial charge on any atom is 0.0684 e. The van der Waals surface area contributed by atoms with Gasteiger partial charge < -0.3 is 5.11 Å². The van der Waals surface area contributed by atoms with E-state index in [1.54, 1.807) is 0 Å². The molecule has 0 fully saturated rings. The number of hydrogen-bond donors (Lipinski definition) is 2. The van der Waals surface area contributed by atoms with Crippen LogP contribution in [0.1, 0.15) is 16.7 Å². The molecular formula is C11H12OS. The lowest BCUT2D eigenvalue weighted by Crippen LogP contribution is -1.89. The van der Waals surface area contributed by atoms with E-state index in [-0.39, 0.29) is 6.61 Å². The number of benzene rings is 1. The van der Waals surface area contributed by atoms with Crippen molar-refractivity contribution >= 4 is 12.6 Å². The van der Waals surface area contributed by atoms with Crippen molar-refractivity contribution in [2.75, 3.05) is 5.75 Å². The molecule has 0 heterocycles. The van der Waals surface area contributed by atoms with Crippen molar-refractivity contribution in [3.05, 3.63) is 34.9 Å². The van der Waals surface area contributed by atoms with Gasteiger partial charge in [-0.2, -0.15) is 12.6 Å². The quantitative estimate of drug-likeness (QED) is 0.513. The topological polar surface area (TPSA) is 20.2 Å². The summed E-state index contributed by atoms with van der Waals surface area (Å²) < 4.78 is 0. The fourth-order valence-corrected chi connectivity index (χ4v) is 1.14. The molecule has 2 heteroatoms. The normalized spacial score (nSPS) is 9.15. The summed E-state index contributed by atoms with van der Waals surface area (Å²) in [5.41, 5.74) is 2.97. The Labute approximate surface area is 84.2 Å². The van der Waals surface area contributed by atoms with Crippen LogP contribution in [-0.4, -0.2) is 10.9 Å². The van der Waals surface area contributed by atoms with E-state index in [4.69, 9.17) is 5.11 Å². The lowest BCUT2D eigenvalue weighted by Gasteiger charge is -2.01. The first-order valence-electron chi connectivity index (χ1n) is 4.08. The van der Waals surface area contributed by atoms with Gasteiger partial charge in [0.2, 0.25) is 0 Å². The molecule has 1 N–H and O–H groups in total. The molecule has 0 unspecified atom stereocenters. The van der Waals surface area contributed by atoms with E-state index in [9.17, 15) is 0 Å². The van der Waals surface area contributed by atoms with Gasteiger partial charge in [0, 0.05) is 5.56 Å². The van der Waals surface area contributed by atoms with Crippen molar-refractivity contribution in [1.29, 1.82) is 0 Å². The van der Waals surface area contributed by atoms with Gasteiger partial charge in [-0.3, -0.25) is 0 Å². The van der Waals surface area contributed by atoms with Gasteiger partial charge in [-0.05, 0) is 30.2 Å². The number of aliphatic hydroxyl groups excluding tert-OH is 1. The minimum Gasteiger partial charge on any atom is -0.392 e. The van der Waals surface area contributed by atoms with Gasteiger partial charge in [-0.1, -0.05) is 17.9 Å². The van der Waals surface area contributed by atoms with Crippen LogP contribution in [0.4, 0.5) is 0 Å². The van der Waals surface area contributed by atoms with Crippen LogP contribution in [0.5, 0.6) is 0 Å². The molecule has 0 saturated carbocycles. The highest BCUT2D eigenvalue weighted by Crippen LogP contribution is 2.10. The van der Waals surface area contributed by atoms with Crippen molar-refractivity contribution in [3.63, 3.8) is 0 Å². The van der Waals surface area contributed by atoms with Gasteiger partial charge in [0.25, 0.3) is 0 Å². The van der Waals surface area contributed by atoms with Gasteiger partial charge >= 0.3 is 0 Å². The minimum absolute atomic E-state index is 0.0717. The average molecular weight is 192 g/mol. The molecule has 13 heavy (non-hydrogen) atoms. The second kappa shape index (κ2) is 4.96. The second-order valence-corrected chi connectivity index (χ2v) is 3.08. The lowest BCUT2D eigenvalue weighted by atomic mass is 10.1. The highest BCUT2D eigenvalue weighted by molar-refractivity contribution is 7.80. The predicted molar refractivity (Wildman–Crippen MR) is 57.8 cm³/mol. The average Bonchev–Trinajstić information content (AvgIpc) is 2.16. The van der Waals surface area contributed by atoms with E-state index in [2.05, 4.69) is 24.5 Å². The van der Waals surface area contributed by atoms with E-state index in [0.717, 1.165) is 16.7 Å². The van der Waals surface area contributed by atoms with Crippen LogP contribution in [0.15, 0.2) is 18.2 Å². The number of rotatable bonds is 1. The first-order chi connectivity index (χ1) is 6.27. The van der Waals surface area contributed by atoms with E-state index >= 15 is 0 Å². The number of thiol groups is 1. The molecule has 1 aromatic rings. The molecular weight excluding hydrogens is 180 g/mol. The van der Waals surface area contributed by atoms with E-state index in [0.29, 0.717) is 5.75 Å². The molecule has 1 nitrogen and oxygen atoms in total. The molecule has 0 aromatic heterocycles. The summed E-state index contributed by atoms with van der Waals surface area (Å²) >= 11 is 4.00. The Kier molecular flexibility index (Phi) is 3.88. The number of aryl methyl sites for hydroxylation is 1. The smallest absolute Gasteiger partial charge is 0.0684 e. The number of hydrogen-bond acceptors (Lipinski definition) is 2. The first kappa shape index (κ1) is 10.2. The van der Waals surface area contributed by atoms with Crippen LogP contribution < -0.4 is 0 Å². The maximum atomic E-state index is 9.01. The van der Waals surface area contributed by atoms with Crippen molar-refractivity contribution < 1.29 is 5.11 Å². The zero-order valence-electron chi connectivity index (χ0n) is 7.54. The van der Waals surface area contributed by atoms with Crippen molar-refractivity contribution in [1.82, 2.24) is 0 Å². The Morgan fingerprint density at radius 3 is 2.85 bits per heavy atom. The molecule has 1 aromatic carbocycles. The summed E-state index contributed by atoms with van der Waals surface area (Å²) in [6.07, 6.45) is 0. The molecule has 1 rings (SSSR count). The zero-order valence-corrected chi connectivity index (χ0v) is 8.44. The van der Waals surface area contributed by atoms with Crippen LogP contribution in [-0.2, 0) is 6.61 Å². The SMILES string of the molecule is Cc1ccc(C#CCS)cc1CO. The molecule has 0 atom stereocenters. The van der Waals surface area contributed by atoms with Crippen LogP contribution >= 0.6 is 12.6 Å². The Balaban J connectivity index is 2.99. The maximum absolute atomic E-state index is 9.01. The fourth-order valence-electron chi connectivity index (χ4n) is 1.06. The highest BCUT2D eigenvalue weighted by atomic mass is 32.1. The summed E-state index contributed by atoms with van der Waals surface area (Å²) in [6, 6.07) is 5.82. The standard InChI is InChI=1S/C11H12OS/c1-9-4-5-10(3-2-6-13)7-11(9)8-12/h4-5,7,12-13H,6,8H2,1H3. The summed E-state index contributed by atoms with van der Waals surface area (Å²) in [5.74, 6) is 6.38. The van der Waals surface area contributed by atoms with Gasteiger partial charge in [0.05, 0.1) is 12.4 Å². The molecule has 68 valence electrons. The Morgan fingerprint density at radius 2 is 2.23 bits per heavy atom. The zero-order chi connectivity index (χ0) is 9.68. The molecule has 0 aliphatic rings. The molecule has 0 aliphatic carbocycles. The third kappa shape index (κ3) is 2.80. The summed E-state index contributed by atoms with van der Waals surface area (Å²) in [6.45, 7) is 2.05. The summed E-state index contributed by atoms with van der Waals surface area (Å²) in [7, 11) is 0. The van der Waals surface area contributed by atoms with Crippen LogP contribution in [0.25, 0.3) is 0 Å². The lowest BCUT2D eigenvalue weighted by molar-refractivity contribution is 0.281. The third-order valence-electron chi connectivity index (χ3n) is 1.83. The molecule has 0 aliphatic heterocycles. The number of aliphatic hydroxyl groups is 1. The van der Waals surface area contributed by atoms with E-state index in [1.165, 1.54) is 0 Å². The monoisotopic (exact) mass is 192 g/mol. The van der Waals surface area contributed by atoms with Crippen molar-refractivity contribution in [2.24, 2.45) is 0 Å². The first-order valence-corrected chi connectivity index (χ1v) is 4.71. The highest BCUT2D eigenvalue weighted by Gasteiger charge is 1.96. The van der Waals surface area contributed by atoms with Crippen LogP contribution in [0.2, 0.25) is 0 Å². The van der Waals surface area contributed by atoms with Crippen molar-refractivity contribution in [2.45, 2.75) is 13.5 Å². The second-order valence-electron chi connectivity index (χ2n) is 2.76. The Hall–Kier alpha value is -0.910. The molecule has 0 spiro atoms. The third-order valence-corrected chi connectivity index (χ3v) is 1.99.